The maximum absolute atomic E-state index is 5.63. The van der Waals surface area contributed by atoms with E-state index in [-0.39, 0.29) is 35.5 Å². The molecule has 7 nitrogen and oxygen atoms in total. The molecule has 8 heteroatoms. The number of hydrogen-bond acceptors (Lipinski definition) is 5. The Bertz CT molecular complexity index is 626. The molecule has 1 aromatic heterocycles. The van der Waals surface area contributed by atoms with Gasteiger partial charge in [-0.2, -0.15) is 0 Å². The first kappa shape index (κ1) is 25.9. The van der Waals surface area contributed by atoms with Crippen LogP contribution in [0.4, 0.5) is 5.82 Å². The molecule has 0 bridgehead atoms. The van der Waals surface area contributed by atoms with Crippen molar-refractivity contribution >= 4 is 35.8 Å². The quantitative estimate of drug-likeness (QED) is 0.329. The number of aliphatic imine (C=N–C) groups is 1. The lowest BCUT2D eigenvalue weighted by Crippen LogP contribution is -2.45. The first-order chi connectivity index (χ1) is 13.3. The number of anilines is 1. The van der Waals surface area contributed by atoms with Crippen LogP contribution >= 0.6 is 24.0 Å². The van der Waals surface area contributed by atoms with Crippen molar-refractivity contribution in [1.82, 2.24) is 20.5 Å². The Morgan fingerprint density at radius 1 is 1.24 bits per heavy atom. The van der Waals surface area contributed by atoms with Crippen LogP contribution in [0, 0.1) is 5.41 Å². The Morgan fingerprint density at radius 3 is 2.52 bits per heavy atom. The van der Waals surface area contributed by atoms with Crippen LogP contribution in [-0.4, -0.2) is 75.4 Å². The number of halogens is 1. The average molecular weight is 518 g/mol. The maximum Gasteiger partial charge on any atom is 0.191 e. The molecular formula is C21H39IN6O. The van der Waals surface area contributed by atoms with Crippen molar-refractivity contribution in [3.63, 3.8) is 0 Å². The highest BCUT2D eigenvalue weighted by Crippen LogP contribution is 2.21. The zero-order valence-corrected chi connectivity index (χ0v) is 21.2. The van der Waals surface area contributed by atoms with E-state index in [1.165, 1.54) is 5.56 Å². The lowest BCUT2D eigenvalue weighted by Gasteiger charge is -2.33. The molecule has 0 radical (unpaired) electrons. The van der Waals surface area contributed by atoms with E-state index in [0.717, 1.165) is 44.5 Å². The third-order valence-electron chi connectivity index (χ3n) is 5.11. The summed E-state index contributed by atoms with van der Waals surface area (Å²) < 4.78 is 5.63. The molecule has 1 aromatic rings. The molecule has 2 rings (SSSR count). The molecule has 1 aliphatic heterocycles. The number of hydrogen-bond donors (Lipinski definition) is 2. The molecule has 0 aromatic carbocycles. The second-order valence-corrected chi connectivity index (χ2v) is 8.48. The van der Waals surface area contributed by atoms with Crippen LogP contribution in [0.5, 0.6) is 0 Å². The summed E-state index contributed by atoms with van der Waals surface area (Å²) in [4.78, 5) is 14.0. The lowest BCUT2D eigenvalue weighted by molar-refractivity contribution is 0.0205. The van der Waals surface area contributed by atoms with Gasteiger partial charge in [0.15, 0.2) is 5.96 Å². The van der Waals surface area contributed by atoms with Gasteiger partial charge in [-0.1, -0.05) is 20.8 Å². The number of methoxy groups -OCH3 is 1. The molecule has 0 amide bonds. The summed E-state index contributed by atoms with van der Waals surface area (Å²) in [5.41, 5.74) is 1.24. The van der Waals surface area contributed by atoms with Crippen molar-refractivity contribution in [2.75, 3.05) is 58.3 Å². The van der Waals surface area contributed by atoms with Crippen LogP contribution < -0.4 is 15.5 Å². The van der Waals surface area contributed by atoms with E-state index in [2.05, 4.69) is 66.2 Å². The second-order valence-electron chi connectivity index (χ2n) is 8.48. The smallest absolute Gasteiger partial charge is 0.191 e. The van der Waals surface area contributed by atoms with E-state index in [1.807, 2.05) is 12.3 Å². The van der Waals surface area contributed by atoms with Gasteiger partial charge in [-0.15, -0.1) is 24.0 Å². The second kappa shape index (κ2) is 12.5. The maximum atomic E-state index is 5.63. The fourth-order valence-corrected chi connectivity index (χ4v) is 3.21. The number of piperazine rings is 1. The van der Waals surface area contributed by atoms with E-state index in [4.69, 9.17) is 9.73 Å². The van der Waals surface area contributed by atoms with E-state index in [0.29, 0.717) is 13.1 Å². The van der Waals surface area contributed by atoms with Crippen LogP contribution in [0.15, 0.2) is 23.3 Å². The molecule has 166 valence electrons. The van der Waals surface area contributed by atoms with Crippen molar-refractivity contribution in [2.24, 2.45) is 10.4 Å². The number of ether oxygens (including phenoxy) is 1. The number of aromatic nitrogens is 1. The summed E-state index contributed by atoms with van der Waals surface area (Å²) in [6.07, 6.45) is 2.00. The number of rotatable bonds is 7. The van der Waals surface area contributed by atoms with Crippen molar-refractivity contribution in [3.05, 3.63) is 23.9 Å². The number of guanidine groups is 1. The molecule has 29 heavy (non-hydrogen) atoms. The number of nitrogens with zero attached hydrogens (tertiary/aromatic N) is 4. The highest BCUT2D eigenvalue weighted by molar-refractivity contribution is 14.0. The molecule has 2 heterocycles. The van der Waals surface area contributed by atoms with Gasteiger partial charge >= 0.3 is 0 Å². The first-order valence-electron chi connectivity index (χ1n) is 10.3. The summed E-state index contributed by atoms with van der Waals surface area (Å²) in [6, 6.07) is 4.20. The molecule has 0 aliphatic carbocycles. The Balaban J connectivity index is 0.00000420. The van der Waals surface area contributed by atoms with E-state index < -0.39 is 0 Å². The molecule has 1 saturated heterocycles. The van der Waals surface area contributed by atoms with E-state index >= 15 is 0 Å². The molecule has 1 fully saturated rings. The van der Waals surface area contributed by atoms with Crippen molar-refractivity contribution in [2.45, 2.75) is 40.3 Å². The fourth-order valence-electron chi connectivity index (χ4n) is 3.21. The summed E-state index contributed by atoms with van der Waals surface area (Å²) in [6.45, 7) is 15.0. The molecule has 1 unspecified atom stereocenters. The van der Waals surface area contributed by atoms with Gasteiger partial charge in [0.05, 0.1) is 12.6 Å². The van der Waals surface area contributed by atoms with Gasteiger partial charge in [0.1, 0.15) is 5.82 Å². The average Bonchev–Trinajstić information content (AvgIpc) is 2.66. The van der Waals surface area contributed by atoms with Gasteiger partial charge in [0.2, 0.25) is 0 Å². The van der Waals surface area contributed by atoms with Crippen molar-refractivity contribution in [1.29, 1.82) is 0 Å². The highest BCUT2D eigenvalue weighted by Gasteiger charge is 2.24. The third-order valence-corrected chi connectivity index (χ3v) is 5.11. The molecular weight excluding hydrogens is 479 g/mol. The van der Waals surface area contributed by atoms with Crippen LogP contribution in [0.2, 0.25) is 0 Å². The SMILES string of the molecule is CCNC(=NCc1ccnc(N2CCN(C)CC2)c1)NCC(OC)C(C)(C)C.I. The third kappa shape index (κ3) is 8.64. The zero-order valence-electron chi connectivity index (χ0n) is 18.9. The van der Waals surface area contributed by atoms with Crippen LogP contribution in [-0.2, 0) is 11.3 Å². The van der Waals surface area contributed by atoms with Crippen LogP contribution in [0.3, 0.4) is 0 Å². The monoisotopic (exact) mass is 518 g/mol. The first-order valence-corrected chi connectivity index (χ1v) is 10.3. The Hall–Kier alpha value is -1.13. The van der Waals surface area contributed by atoms with Gasteiger partial charge in [0, 0.05) is 52.6 Å². The predicted octanol–water partition coefficient (Wildman–Crippen LogP) is 2.57. The Kier molecular flexibility index (Phi) is 11.2. The Morgan fingerprint density at radius 2 is 1.93 bits per heavy atom. The molecule has 0 saturated carbocycles. The van der Waals surface area contributed by atoms with Crippen LogP contribution in [0.25, 0.3) is 0 Å². The highest BCUT2D eigenvalue weighted by atomic mass is 127. The summed E-state index contributed by atoms with van der Waals surface area (Å²) >= 11 is 0. The molecule has 0 spiro atoms. The standard InChI is InChI=1S/C21H38N6O.HI/c1-7-22-20(25-16-18(28-6)21(2,3)4)24-15-17-8-9-23-19(14-17)27-12-10-26(5)11-13-27;/h8-9,14,18H,7,10-13,15-16H2,1-6H3,(H2,22,24,25);1H. The Labute approximate surface area is 193 Å². The van der Waals surface area contributed by atoms with Gasteiger partial charge in [-0.05, 0) is 37.1 Å². The fraction of sp³-hybridized carbons (Fsp3) is 0.714. The summed E-state index contributed by atoms with van der Waals surface area (Å²) in [5, 5.41) is 6.73. The molecule has 1 atom stereocenters. The van der Waals surface area contributed by atoms with E-state index in [1.54, 1.807) is 7.11 Å². The molecule has 2 N–H and O–H groups in total. The minimum Gasteiger partial charge on any atom is -0.379 e. The number of nitrogens with one attached hydrogen (secondary N) is 2. The minimum atomic E-state index is 0. The molecule has 1 aliphatic rings. The number of likely N-dealkylation sites (N-methyl/N-ethyl adjacent to an activating group) is 1. The zero-order chi connectivity index (χ0) is 20.6. The predicted molar refractivity (Wildman–Crippen MR) is 132 cm³/mol. The van der Waals surface area contributed by atoms with E-state index in [9.17, 15) is 0 Å². The lowest BCUT2D eigenvalue weighted by atomic mass is 9.89. The largest absolute Gasteiger partial charge is 0.379 e. The van der Waals surface area contributed by atoms with Crippen LogP contribution in [0.1, 0.15) is 33.3 Å². The minimum absolute atomic E-state index is 0. The van der Waals surface area contributed by atoms with Gasteiger partial charge in [-0.25, -0.2) is 9.98 Å². The van der Waals surface area contributed by atoms with Crippen molar-refractivity contribution < 1.29 is 4.74 Å². The van der Waals surface area contributed by atoms with Crippen molar-refractivity contribution in [3.8, 4) is 0 Å². The summed E-state index contributed by atoms with van der Waals surface area (Å²) in [7, 11) is 3.93. The van der Waals surface area contributed by atoms with Gasteiger partial charge in [-0.3, -0.25) is 0 Å². The summed E-state index contributed by atoms with van der Waals surface area (Å²) in [5.74, 6) is 1.86. The van der Waals surface area contributed by atoms with Gasteiger partial charge < -0.3 is 25.2 Å². The number of pyridine rings is 1. The van der Waals surface area contributed by atoms with Gasteiger partial charge in [0.25, 0.3) is 0 Å². The topological polar surface area (TPSA) is 65.0 Å². The normalized spacial score (nSPS) is 16.9.